The number of hydrogen-bond acceptors (Lipinski definition) is 4. The first-order valence-corrected chi connectivity index (χ1v) is 6.35. The van der Waals surface area contributed by atoms with E-state index in [0.717, 1.165) is 16.9 Å². The van der Waals surface area contributed by atoms with Crippen molar-refractivity contribution in [2.75, 3.05) is 12.4 Å². The minimum absolute atomic E-state index is 0.0229. The zero-order chi connectivity index (χ0) is 15.4. The topological polar surface area (TPSA) is 48.3 Å². The summed E-state index contributed by atoms with van der Waals surface area (Å²) in [7, 11) is 3.24. The third-order valence-corrected chi connectivity index (χ3v) is 2.94. The highest BCUT2D eigenvalue weighted by Crippen LogP contribution is 2.29. The monoisotopic (exact) mass is 297 g/mol. The van der Waals surface area contributed by atoms with Crippen LogP contribution in [0.4, 0.5) is 14.5 Å². The van der Waals surface area contributed by atoms with Gasteiger partial charge in [-0.25, -0.2) is 0 Å². The molecule has 0 aliphatic carbocycles. The van der Waals surface area contributed by atoms with E-state index < -0.39 is 6.61 Å². The van der Waals surface area contributed by atoms with Crippen molar-refractivity contribution in [1.82, 2.24) is 9.78 Å². The van der Waals surface area contributed by atoms with Crippen molar-refractivity contribution in [2.45, 2.75) is 20.1 Å². The molecule has 7 heteroatoms. The smallest absolute Gasteiger partial charge is 0.387 e. The number of rotatable bonds is 6. The Labute approximate surface area is 121 Å². The van der Waals surface area contributed by atoms with Crippen molar-refractivity contribution in [1.29, 1.82) is 0 Å². The molecule has 5 nitrogen and oxygen atoms in total. The number of alkyl halides is 2. The first-order chi connectivity index (χ1) is 9.99. The Morgan fingerprint density at radius 1 is 1.33 bits per heavy atom. The summed E-state index contributed by atoms with van der Waals surface area (Å²) < 4.78 is 35.9. The van der Waals surface area contributed by atoms with Crippen LogP contribution in [0.1, 0.15) is 11.3 Å². The summed E-state index contributed by atoms with van der Waals surface area (Å²) in [6, 6.07) is 4.92. The molecule has 0 unspecified atom stereocenters. The van der Waals surface area contributed by atoms with Crippen LogP contribution in [-0.2, 0) is 13.6 Å². The Morgan fingerprint density at radius 3 is 2.67 bits per heavy atom. The Hall–Kier alpha value is -2.31. The highest BCUT2D eigenvalue weighted by Gasteiger charge is 2.11. The maximum Gasteiger partial charge on any atom is 0.387 e. The molecule has 0 saturated carbocycles. The molecule has 0 atom stereocenters. The molecule has 0 amide bonds. The van der Waals surface area contributed by atoms with E-state index in [9.17, 15) is 8.78 Å². The van der Waals surface area contributed by atoms with Crippen LogP contribution in [0, 0.1) is 6.92 Å². The van der Waals surface area contributed by atoms with E-state index in [-0.39, 0.29) is 11.5 Å². The Bertz CT molecular complexity index is 614. The second-order valence-corrected chi connectivity index (χ2v) is 4.52. The quantitative estimate of drug-likeness (QED) is 0.890. The average Bonchev–Trinajstić information content (AvgIpc) is 2.74. The summed E-state index contributed by atoms with van der Waals surface area (Å²) in [6.07, 6.45) is 1.86. The maximum absolute atomic E-state index is 12.4. The molecule has 1 aromatic heterocycles. The van der Waals surface area contributed by atoms with Crippen LogP contribution in [-0.4, -0.2) is 23.5 Å². The fraction of sp³-hybridized carbons (Fsp3) is 0.357. The lowest BCUT2D eigenvalue weighted by molar-refractivity contribution is -0.0512. The predicted molar refractivity (Wildman–Crippen MR) is 74.9 cm³/mol. The van der Waals surface area contributed by atoms with Gasteiger partial charge in [0.2, 0.25) is 0 Å². The summed E-state index contributed by atoms with van der Waals surface area (Å²) in [4.78, 5) is 0. The third kappa shape index (κ3) is 3.84. The van der Waals surface area contributed by atoms with Gasteiger partial charge in [-0.1, -0.05) is 6.07 Å². The first-order valence-electron chi connectivity index (χ1n) is 6.35. The van der Waals surface area contributed by atoms with Crippen molar-refractivity contribution in [3.8, 4) is 11.5 Å². The molecule has 2 rings (SSSR count). The normalized spacial score (nSPS) is 10.8. The molecule has 0 spiro atoms. The van der Waals surface area contributed by atoms with E-state index in [1.165, 1.54) is 13.2 Å². The molecule has 114 valence electrons. The molecular formula is C14H17F2N3O2. The number of anilines is 1. The number of benzene rings is 1. The lowest BCUT2D eigenvalue weighted by Crippen LogP contribution is -2.05. The molecule has 0 aliphatic heterocycles. The van der Waals surface area contributed by atoms with E-state index in [1.54, 1.807) is 16.8 Å². The maximum atomic E-state index is 12.4. The SMILES string of the molecule is COc1ccc(CNc2cn(C)nc2C)cc1OC(F)F. The third-order valence-electron chi connectivity index (χ3n) is 2.94. The second kappa shape index (κ2) is 6.43. The number of ether oxygens (including phenoxy) is 2. The first kappa shape index (κ1) is 15.1. The van der Waals surface area contributed by atoms with Crippen LogP contribution < -0.4 is 14.8 Å². The van der Waals surface area contributed by atoms with Gasteiger partial charge < -0.3 is 14.8 Å². The van der Waals surface area contributed by atoms with E-state index in [2.05, 4.69) is 15.2 Å². The molecule has 1 N–H and O–H groups in total. The van der Waals surface area contributed by atoms with Crippen LogP contribution >= 0.6 is 0 Å². The van der Waals surface area contributed by atoms with Gasteiger partial charge in [-0.05, 0) is 24.6 Å². The lowest BCUT2D eigenvalue weighted by atomic mass is 10.2. The number of methoxy groups -OCH3 is 1. The number of nitrogens with one attached hydrogen (secondary N) is 1. The second-order valence-electron chi connectivity index (χ2n) is 4.52. The molecule has 0 fully saturated rings. The van der Waals surface area contributed by atoms with Crippen molar-refractivity contribution >= 4 is 5.69 Å². The molecule has 1 aromatic carbocycles. The van der Waals surface area contributed by atoms with Gasteiger partial charge in [0.05, 0.1) is 18.5 Å². The zero-order valence-corrected chi connectivity index (χ0v) is 12.1. The standard InChI is InChI=1S/C14H17F2N3O2/c1-9-11(8-19(2)18-9)17-7-10-4-5-12(20-3)13(6-10)21-14(15)16/h4-6,8,14,17H,7H2,1-3H3. The average molecular weight is 297 g/mol. The Morgan fingerprint density at radius 2 is 2.10 bits per heavy atom. The van der Waals surface area contributed by atoms with Gasteiger partial charge >= 0.3 is 6.61 Å². The van der Waals surface area contributed by atoms with Gasteiger partial charge in [-0.3, -0.25) is 4.68 Å². The van der Waals surface area contributed by atoms with Gasteiger partial charge in [-0.15, -0.1) is 0 Å². The molecule has 2 aromatic rings. The Kier molecular flexibility index (Phi) is 4.62. The number of aromatic nitrogens is 2. The van der Waals surface area contributed by atoms with Crippen LogP contribution in [0.2, 0.25) is 0 Å². The summed E-state index contributed by atoms with van der Waals surface area (Å²) in [5.74, 6) is 0.298. The van der Waals surface area contributed by atoms with E-state index >= 15 is 0 Å². The largest absolute Gasteiger partial charge is 0.493 e. The highest BCUT2D eigenvalue weighted by atomic mass is 19.3. The summed E-state index contributed by atoms with van der Waals surface area (Å²) in [6.45, 7) is -0.527. The van der Waals surface area contributed by atoms with E-state index in [0.29, 0.717) is 6.54 Å². The molecule has 0 radical (unpaired) electrons. The summed E-state index contributed by atoms with van der Waals surface area (Å²) in [5.41, 5.74) is 2.56. The van der Waals surface area contributed by atoms with E-state index in [1.807, 2.05) is 20.2 Å². The fourth-order valence-electron chi connectivity index (χ4n) is 1.99. The molecule has 21 heavy (non-hydrogen) atoms. The Balaban J connectivity index is 2.11. The van der Waals surface area contributed by atoms with Gasteiger partial charge in [0.15, 0.2) is 11.5 Å². The minimum Gasteiger partial charge on any atom is -0.493 e. The highest BCUT2D eigenvalue weighted by molar-refractivity contribution is 5.48. The number of hydrogen-bond donors (Lipinski definition) is 1. The number of nitrogens with zero attached hydrogens (tertiary/aromatic N) is 2. The van der Waals surface area contributed by atoms with Crippen molar-refractivity contribution in [3.63, 3.8) is 0 Å². The minimum atomic E-state index is -2.89. The predicted octanol–water partition coefficient (Wildman–Crippen LogP) is 2.95. The molecule has 0 saturated heterocycles. The molecular weight excluding hydrogens is 280 g/mol. The van der Waals surface area contributed by atoms with Crippen LogP contribution in [0.15, 0.2) is 24.4 Å². The van der Waals surface area contributed by atoms with Crippen LogP contribution in [0.3, 0.4) is 0 Å². The van der Waals surface area contributed by atoms with Crippen molar-refractivity contribution < 1.29 is 18.3 Å². The van der Waals surface area contributed by atoms with Crippen molar-refractivity contribution in [3.05, 3.63) is 35.7 Å². The molecule has 0 aliphatic rings. The number of halogens is 2. The number of aryl methyl sites for hydroxylation is 2. The fourth-order valence-corrected chi connectivity index (χ4v) is 1.99. The van der Waals surface area contributed by atoms with Crippen LogP contribution in [0.25, 0.3) is 0 Å². The van der Waals surface area contributed by atoms with Gasteiger partial charge in [0, 0.05) is 19.8 Å². The zero-order valence-electron chi connectivity index (χ0n) is 12.1. The van der Waals surface area contributed by atoms with Crippen molar-refractivity contribution in [2.24, 2.45) is 7.05 Å². The molecule has 0 bridgehead atoms. The lowest BCUT2D eigenvalue weighted by Gasteiger charge is -2.12. The van der Waals surface area contributed by atoms with Gasteiger partial charge in [0.1, 0.15) is 0 Å². The van der Waals surface area contributed by atoms with Gasteiger partial charge in [-0.2, -0.15) is 13.9 Å². The molecule has 1 heterocycles. The van der Waals surface area contributed by atoms with Gasteiger partial charge in [0.25, 0.3) is 0 Å². The summed E-state index contributed by atoms with van der Waals surface area (Å²) in [5, 5.41) is 7.42. The van der Waals surface area contributed by atoms with E-state index in [4.69, 9.17) is 4.74 Å². The summed E-state index contributed by atoms with van der Waals surface area (Å²) >= 11 is 0. The van der Waals surface area contributed by atoms with Crippen LogP contribution in [0.5, 0.6) is 11.5 Å².